The molecular formula is C22H30ClN5O9P2. The zero-order chi connectivity index (χ0) is 27.9. The highest BCUT2D eigenvalue weighted by Crippen LogP contribution is 2.57. The van der Waals surface area contributed by atoms with Crippen molar-refractivity contribution in [1.82, 2.24) is 19.7 Å². The number of nitrogens with zero attached hydrogens (tertiary/aromatic N) is 4. The average Bonchev–Trinajstić information content (AvgIpc) is 3.33. The third kappa shape index (κ3) is 5.32. The maximum atomic E-state index is 12.0. The molecule has 3 heterocycles. The van der Waals surface area contributed by atoms with Crippen LogP contribution < -0.4 is 5.32 Å². The van der Waals surface area contributed by atoms with E-state index < -0.39 is 51.7 Å². The van der Waals surface area contributed by atoms with Gasteiger partial charge >= 0.3 is 15.2 Å². The summed E-state index contributed by atoms with van der Waals surface area (Å²) < 4.78 is 35.1. The highest BCUT2D eigenvalue weighted by atomic mass is 35.5. The second-order valence-corrected chi connectivity index (χ2v) is 15.6. The van der Waals surface area contributed by atoms with Crippen molar-refractivity contribution in [2.24, 2.45) is 17.8 Å². The summed E-state index contributed by atoms with van der Waals surface area (Å²) in [5.41, 5.74) is -0.159. The molecule has 2 aromatic rings. The summed E-state index contributed by atoms with van der Waals surface area (Å²) >= 11 is 6.29. The van der Waals surface area contributed by atoms with Gasteiger partial charge in [-0.1, -0.05) is 6.58 Å². The van der Waals surface area contributed by atoms with Crippen molar-refractivity contribution in [2.75, 3.05) is 17.8 Å². The van der Waals surface area contributed by atoms with Crippen LogP contribution in [0, 0.1) is 17.8 Å². The summed E-state index contributed by atoms with van der Waals surface area (Å²) in [6.07, 6.45) is 2.54. The van der Waals surface area contributed by atoms with Gasteiger partial charge in [-0.25, -0.2) is 4.68 Å². The Balaban J connectivity index is 1.22. The second kappa shape index (κ2) is 9.55. The second-order valence-electron chi connectivity index (χ2n) is 11.3. The summed E-state index contributed by atoms with van der Waals surface area (Å²) in [6, 6.07) is 0.122. The highest BCUT2D eigenvalue weighted by Gasteiger charge is 2.55. The molecule has 1 aliphatic heterocycles. The summed E-state index contributed by atoms with van der Waals surface area (Å²) in [4.78, 5) is 36.4. The summed E-state index contributed by atoms with van der Waals surface area (Å²) in [5.74, 6) is 0.327. The molecular weight excluding hydrogens is 576 g/mol. The number of ether oxygens (including phenoxy) is 1. The first-order valence-electron chi connectivity index (χ1n) is 12.6. The summed E-state index contributed by atoms with van der Waals surface area (Å²) in [5, 5.41) is 30.2. The average molecular weight is 606 g/mol. The molecule has 0 aromatic carbocycles. The number of aliphatic hydroxyl groups is 2. The molecule has 39 heavy (non-hydrogen) atoms. The molecule has 214 valence electrons. The third-order valence-corrected chi connectivity index (χ3v) is 12.0. The molecule has 2 aromatic heterocycles. The van der Waals surface area contributed by atoms with E-state index in [4.69, 9.17) is 30.6 Å². The SMILES string of the molecule is C=C1[C@@H](O)[C@H](n2ncc3c(NC4C5CC6C[C@H]4CC(O)(C6)C5)nc(Cl)nc32)O[C@@H]1COP(=O)(O)CP(=O)(O)O. The van der Waals surface area contributed by atoms with Gasteiger partial charge in [0, 0.05) is 6.04 Å². The van der Waals surface area contributed by atoms with Crippen molar-refractivity contribution >= 4 is 43.6 Å². The van der Waals surface area contributed by atoms with E-state index in [1.165, 1.54) is 10.9 Å². The number of nitrogens with one attached hydrogen (secondary N) is 1. The lowest BCUT2D eigenvalue weighted by molar-refractivity contribution is -0.129. The minimum absolute atomic E-state index is 0.0425. The molecule has 14 nitrogen and oxygen atoms in total. The van der Waals surface area contributed by atoms with Crippen LogP contribution in [0.15, 0.2) is 18.3 Å². The van der Waals surface area contributed by atoms with Crippen LogP contribution in [0.5, 0.6) is 0 Å². The predicted octanol–water partition coefficient (Wildman–Crippen LogP) is 1.98. The van der Waals surface area contributed by atoms with E-state index in [1.807, 2.05) is 0 Å². The summed E-state index contributed by atoms with van der Waals surface area (Å²) in [7, 11) is -9.43. The molecule has 6 N–H and O–H groups in total. The van der Waals surface area contributed by atoms with E-state index >= 15 is 0 Å². The van der Waals surface area contributed by atoms with Gasteiger partial charge in [0.1, 0.15) is 18.0 Å². The molecule has 4 aliphatic carbocycles. The van der Waals surface area contributed by atoms with Crippen molar-refractivity contribution in [1.29, 1.82) is 0 Å². The molecule has 0 spiro atoms. The lowest BCUT2D eigenvalue weighted by Crippen LogP contribution is -2.59. The normalized spacial score (nSPS) is 37.5. The van der Waals surface area contributed by atoms with Gasteiger partial charge in [0.05, 0.1) is 23.8 Å². The highest BCUT2D eigenvalue weighted by molar-refractivity contribution is 7.70. The van der Waals surface area contributed by atoms with Gasteiger partial charge < -0.3 is 39.5 Å². The Hall–Kier alpha value is -1.44. The van der Waals surface area contributed by atoms with E-state index in [0.29, 0.717) is 29.0 Å². The van der Waals surface area contributed by atoms with E-state index in [1.54, 1.807) is 0 Å². The van der Waals surface area contributed by atoms with Gasteiger partial charge in [-0.3, -0.25) is 9.13 Å². The Labute approximate surface area is 228 Å². The molecule has 5 unspecified atom stereocenters. The van der Waals surface area contributed by atoms with Crippen LogP contribution in [0.1, 0.15) is 38.3 Å². The topological polar surface area (TPSA) is 209 Å². The van der Waals surface area contributed by atoms with Crippen LogP contribution in [0.3, 0.4) is 0 Å². The first kappa shape index (κ1) is 27.7. The Morgan fingerprint density at radius 3 is 2.54 bits per heavy atom. The van der Waals surface area contributed by atoms with E-state index in [2.05, 4.69) is 27.0 Å². The van der Waals surface area contributed by atoms with Gasteiger partial charge in [0.2, 0.25) is 5.28 Å². The fraction of sp³-hybridized carbons (Fsp3) is 0.682. The molecule has 17 heteroatoms. The van der Waals surface area contributed by atoms with Crippen molar-refractivity contribution in [3.63, 3.8) is 0 Å². The third-order valence-electron chi connectivity index (χ3n) is 8.37. The van der Waals surface area contributed by atoms with E-state index in [9.17, 15) is 24.2 Å². The lowest BCUT2D eigenvalue weighted by atomic mass is 9.52. The maximum absolute atomic E-state index is 12.0. The Kier molecular flexibility index (Phi) is 6.79. The smallest absolute Gasteiger partial charge is 0.340 e. The standard InChI is InChI=1S/C22H30ClN5O9P2/c1-10-15(8-36-39(34,35)9-38(31,32)33)37-20(17(10)29)28-19-14(7-24-28)18(26-21(23)27-19)25-16-12-2-11-3-13(16)6-22(30,4-11)5-12/h7,11-13,15-17,20,29-30H,1-6,8-9H2,(H,34,35)(H,25,26,27)(H2,31,32,33)/t11?,12-,13?,15+,16?,17+,20+,22?/m0/s1. The van der Waals surface area contributed by atoms with Gasteiger partial charge in [0.15, 0.2) is 17.8 Å². The van der Waals surface area contributed by atoms with Crippen molar-refractivity contribution in [3.05, 3.63) is 23.6 Å². The van der Waals surface area contributed by atoms with Crippen molar-refractivity contribution in [3.8, 4) is 0 Å². The number of hydrogen-bond donors (Lipinski definition) is 6. The summed E-state index contributed by atoms with van der Waals surface area (Å²) in [6.45, 7) is 3.21. The maximum Gasteiger partial charge on any atom is 0.340 e. The molecule has 9 atom stereocenters. The molecule has 1 saturated heterocycles. The molecule has 0 amide bonds. The largest absolute Gasteiger partial charge is 0.390 e. The number of aliphatic hydroxyl groups excluding tert-OH is 1. The van der Waals surface area contributed by atoms with Crippen LogP contribution in [0.25, 0.3) is 11.0 Å². The van der Waals surface area contributed by atoms with Crippen molar-refractivity contribution < 1.29 is 43.3 Å². The lowest BCUT2D eigenvalue weighted by Gasteiger charge is -2.58. The molecule has 4 bridgehead atoms. The molecule has 7 rings (SSSR count). The number of rotatable bonds is 8. The first-order valence-corrected chi connectivity index (χ1v) is 16.6. The van der Waals surface area contributed by atoms with Crippen LogP contribution in [-0.4, -0.2) is 81.0 Å². The molecule has 5 aliphatic rings. The van der Waals surface area contributed by atoms with Crippen LogP contribution in [0.4, 0.5) is 5.82 Å². The fourth-order valence-electron chi connectivity index (χ4n) is 7.07. The minimum Gasteiger partial charge on any atom is -0.390 e. The van der Waals surface area contributed by atoms with E-state index in [-0.39, 0.29) is 22.5 Å². The first-order chi connectivity index (χ1) is 18.2. The number of fused-ring (bicyclic) bond motifs is 1. The zero-order valence-electron chi connectivity index (χ0n) is 20.7. The molecule has 0 radical (unpaired) electrons. The van der Waals surface area contributed by atoms with Gasteiger partial charge in [-0.05, 0) is 67.0 Å². The van der Waals surface area contributed by atoms with Gasteiger partial charge in [0.25, 0.3) is 0 Å². The van der Waals surface area contributed by atoms with Crippen LogP contribution in [0.2, 0.25) is 5.28 Å². The van der Waals surface area contributed by atoms with Crippen molar-refractivity contribution in [2.45, 2.75) is 62.2 Å². The van der Waals surface area contributed by atoms with E-state index in [0.717, 1.165) is 32.1 Å². The Bertz CT molecular complexity index is 1400. The number of anilines is 1. The number of halogens is 1. The van der Waals surface area contributed by atoms with Gasteiger partial charge in [-0.15, -0.1) is 0 Å². The Morgan fingerprint density at radius 2 is 1.90 bits per heavy atom. The fourth-order valence-corrected chi connectivity index (χ4v) is 9.79. The minimum atomic E-state index is -4.80. The quantitative estimate of drug-likeness (QED) is 0.145. The molecule has 5 fully saturated rings. The van der Waals surface area contributed by atoms with Gasteiger partial charge in [-0.2, -0.15) is 15.1 Å². The zero-order valence-corrected chi connectivity index (χ0v) is 23.3. The monoisotopic (exact) mass is 605 g/mol. The Morgan fingerprint density at radius 1 is 1.21 bits per heavy atom. The van der Waals surface area contributed by atoms with Crippen LogP contribution in [-0.2, 0) is 18.4 Å². The predicted molar refractivity (Wildman–Crippen MR) is 138 cm³/mol. The molecule has 4 saturated carbocycles. The number of hydrogen-bond acceptors (Lipinski definition) is 10. The number of aromatic nitrogens is 4. The van der Waals surface area contributed by atoms with Crippen LogP contribution >= 0.6 is 26.8 Å².